The number of hydrazone groups is 1. The predicted molar refractivity (Wildman–Crippen MR) is 121 cm³/mol. The average Bonchev–Trinajstić information content (AvgIpc) is 2.71. The molecule has 0 bridgehead atoms. The number of halogens is 1. The number of nitrogens with zero attached hydrogens (tertiary/aromatic N) is 1. The smallest absolute Gasteiger partial charge is 0.209 e. The molecule has 0 aromatic heterocycles. The lowest BCUT2D eigenvalue weighted by Crippen LogP contribution is -2.34. The van der Waals surface area contributed by atoms with Crippen LogP contribution in [0.3, 0.4) is 0 Å². The van der Waals surface area contributed by atoms with Crippen LogP contribution in [-0.4, -0.2) is 18.7 Å². The maximum Gasteiger partial charge on any atom is 0.209 e. The second-order valence-electron chi connectivity index (χ2n) is 6.00. The molecule has 27 heavy (non-hydrogen) atoms. The summed E-state index contributed by atoms with van der Waals surface area (Å²) >= 11 is 2.33. The molecule has 0 aliphatic heterocycles. The number of hydrogen-bond acceptors (Lipinski definition) is 2. The van der Waals surface area contributed by atoms with Crippen LogP contribution in [0.2, 0.25) is 0 Å². The van der Waals surface area contributed by atoms with Crippen molar-refractivity contribution < 1.29 is 0 Å². The predicted octanol–water partition coefficient (Wildman–Crippen LogP) is 4.65. The molecular formula is C22H21IN4. The first-order chi connectivity index (χ1) is 13.2. The molecule has 3 rings (SSSR count). The Morgan fingerprint density at radius 2 is 1.56 bits per heavy atom. The van der Waals surface area contributed by atoms with E-state index in [1.165, 1.54) is 20.3 Å². The Bertz CT molecular complexity index is 905. The summed E-state index contributed by atoms with van der Waals surface area (Å²) in [6, 6.07) is 26.7. The third kappa shape index (κ3) is 5.92. The van der Waals surface area contributed by atoms with Crippen LogP contribution in [0.1, 0.15) is 11.1 Å². The summed E-state index contributed by atoms with van der Waals surface area (Å²) in [6.45, 7) is 0.688. The molecule has 0 aliphatic carbocycles. The van der Waals surface area contributed by atoms with Gasteiger partial charge in [0.2, 0.25) is 5.96 Å². The van der Waals surface area contributed by atoms with E-state index >= 15 is 0 Å². The van der Waals surface area contributed by atoms with Crippen LogP contribution >= 0.6 is 22.6 Å². The van der Waals surface area contributed by atoms with E-state index in [0.29, 0.717) is 6.54 Å². The van der Waals surface area contributed by atoms with E-state index in [1.54, 1.807) is 6.21 Å². The van der Waals surface area contributed by atoms with E-state index in [2.05, 4.69) is 74.8 Å². The maximum absolute atomic E-state index is 7.88. The van der Waals surface area contributed by atoms with Gasteiger partial charge < -0.3 is 5.32 Å². The third-order valence-corrected chi connectivity index (χ3v) is 5.11. The molecule has 3 N–H and O–H groups in total. The summed E-state index contributed by atoms with van der Waals surface area (Å²) in [4.78, 5) is 0. The van der Waals surface area contributed by atoms with Gasteiger partial charge in [-0.05, 0) is 57.3 Å². The van der Waals surface area contributed by atoms with E-state index in [0.717, 1.165) is 12.0 Å². The first-order valence-electron chi connectivity index (χ1n) is 8.73. The van der Waals surface area contributed by atoms with Gasteiger partial charge in [0.05, 0.1) is 6.21 Å². The molecule has 0 saturated heterocycles. The fourth-order valence-corrected chi connectivity index (χ4v) is 3.28. The Labute approximate surface area is 173 Å². The Kier molecular flexibility index (Phi) is 6.98. The molecule has 0 spiro atoms. The number of nitrogens with one attached hydrogen (secondary N) is 3. The highest BCUT2D eigenvalue weighted by atomic mass is 127. The first kappa shape index (κ1) is 19.1. The van der Waals surface area contributed by atoms with Crippen LogP contribution in [-0.2, 0) is 6.42 Å². The molecule has 3 aromatic rings. The minimum Gasteiger partial charge on any atom is -0.355 e. The monoisotopic (exact) mass is 468 g/mol. The molecule has 3 aromatic carbocycles. The van der Waals surface area contributed by atoms with Crippen molar-refractivity contribution in [3.63, 3.8) is 0 Å². The van der Waals surface area contributed by atoms with E-state index in [4.69, 9.17) is 5.41 Å². The van der Waals surface area contributed by atoms with E-state index in [9.17, 15) is 0 Å². The Balaban J connectivity index is 1.44. The summed E-state index contributed by atoms with van der Waals surface area (Å²) in [7, 11) is 0. The highest BCUT2D eigenvalue weighted by Crippen LogP contribution is 2.18. The van der Waals surface area contributed by atoms with Gasteiger partial charge in [-0.2, -0.15) is 5.10 Å². The second kappa shape index (κ2) is 9.87. The molecule has 136 valence electrons. The largest absolute Gasteiger partial charge is 0.355 e. The molecule has 5 heteroatoms. The molecule has 0 unspecified atom stereocenters. The normalized spacial score (nSPS) is 10.7. The standard InChI is InChI=1S/C22H21IN4/c23-21-9-5-4-8-20(21)14-15-25-22(24)27-26-16-17-10-12-19(13-11-17)18-6-2-1-3-7-18/h1-13,16H,14-15H2,(H3,24,25,27)/b26-16+. The zero-order chi connectivity index (χ0) is 18.9. The van der Waals surface area contributed by atoms with Crippen LogP contribution in [0.5, 0.6) is 0 Å². The lowest BCUT2D eigenvalue weighted by molar-refractivity contribution is 0.812. The van der Waals surface area contributed by atoms with Crippen molar-refractivity contribution >= 4 is 34.8 Å². The second-order valence-corrected chi connectivity index (χ2v) is 7.16. The van der Waals surface area contributed by atoms with Crippen molar-refractivity contribution in [3.8, 4) is 11.1 Å². The minimum absolute atomic E-state index is 0.193. The Morgan fingerprint density at radius 3 is 2.30 bits per heavy atom. The van der Waals surface area contributed by atoms with Crippen LogP contribution in [0, 0.1) is 8.98 Å². The van der Waals surface area contributed by atoms with E-state index in [-0.39, 0.29) is 5.96 Å². The van der Waals surface area contributed by atoms with Gasteiger partial charge in [0.15, 0.2) is 0 Å². The first-order valence-corrected chi connectivity index (χ1v) is 9.80. The van der Waals surface area contributed by atoms with E-state index in [1.807, 2.05) is 42.5 Å². The molecule has 0 aliphatic rings. The molecule has 0 radical (unpaired) electrons. The lowest BCUT2D eigenvalue weighted by atomic mass is 10.0. The van der Waals surface area contributed by atoms with Crippen LogP contribution < -0.4 is 10.7 Å². The zero-order valence-corrected chi connectivity index (χ0v) is 17.0. The van der Waals surface area contributed by atoms with Gasteiger partial charge in [0.25, 0.3) is 0 Å². The molecule has 0 heterocycles. The van der Waals surface area contributed by atoms with Gasteiger partial charge in [-0.15, -0.1) is 0 Å². The van der Waals surface area contributed by atoms with Gasteiger partial charge in [0, 0.05) is 10.1 Å². The van der Waals surface area contributed by atoms with Crippen molar-refractivity contribution in [1.82, 2.24) is 10.7 Å². The minimum atomic E-state index is 0.193. The van der Waals surface area contributed by atoms with Crippen molar-refractivity contribution in [3.05, 3.63) is 93.6 Å². The third-order valence-electron chi connectivity index (χ3n) is 4.06. The topological polar surface area (TPSA) is 60.3 Å². The quantitative estimate of drug-likeness (QED) is 0.214. The van der Waals surface area contributed by atoms with Gasteiger partial charge in [-0.3, -0.25) is 5.41 Å². The number of benzene rings is 3. The summed E-state index contributed by atoms with van der Waals surface area (Å²) in [5, 5.41) is 15.0. The SMILES string of the molecule is N=C(NCCc1ccccc1I)N/N=C/c1ccc(-c2ccccc2)cc1. The summed E-state index contributed by atoms with van der Waals surface area (Å²) < 4.78 is 1.24. The fraction of sp³-hybridized carbons (Fsp3) is 0.0909. The molecule has 4 nitrogen and oxygen atoms in total. The Morgan fingerprint density at radius 1 is 0.889 bits per heavy atom. The van der Waals surface area contributed by atoms with Gasteiger partial charge in [-0.25, -0.2) is 5.43 Å². The van der Waals surface area contributed by atoms with Crippen LogP contribution in [0.25, 0.3) is 11.1 Å². The van der Waals surface area contributed by atoms with Gasteiger partial charge in [0.1, 0.15) is 0 Å². The van der Waals surface area contributed by atoms with Gasteiger partial charge in [-0.1, -0.05) is 72.8 Å². The Hall–Kier alpha value is -2.67. The summed E-state index contributed by atoms with van der Waals surface area (Å²) in [6.07, 6.45) is 2.58. The van der Waals surface area contributed by atoms with Crippen molar-refractivity contribution in [1.29, 1.82) is 5.41 Å². The fourth-order valence-electron chi connectivity index (χ4n) is 2.63. The van der Waals surface area contributed by atoms with Crippen molar-refractivity contribution in [2.75, 3.05) is 6.54 Å². The summed E-state index contributed by atoms with van der Waals surface area (Å²) in [5.74, 6) is 0.193. The molecule has 0 atom stereocenters. The van der Waals surface area contributed by atoms with Crippen LogP contribution in [0.4, 0.5) is 0 Å². The van der Waals surface area contributed by atoms with Crippen molar-refractivity contribution in [2.24, 2.45) is 5.10 Å². The lowest BCUT2D eigenvalue weighted by Gasteiger charge is -2.08. The maximum atomic E-state index is 7.88. The summed E-state index contributed by atoms with van der Waals surface area (Å²) in [5.41, 5.74) is 7.34. The molecular weight excluding hydrogens is 447 g/mol. The van der Waals surface area contributed by atoms with E-state index < -0.39 is 0 Å². The molecule has 0 saturated carbocycles. The number of guanidine groups is 1. The average molecular weight is 468 g/mol. The van der Waals surface area contributed by atoms with Gasteiger partial charge >= 0.3 is 0 Å². The highest BCUT2D eigenvalue weighted by Gasteiger charge is 1.99. The van der Waals surface area contributed by atoms with Crippen molar-refractivity contribution in [2.45, 2.75) is 6.42 Å². The highest BCUT2D eigenvalue weighted by molar-refractivity contribution is 14.1. The number of rotatable bonds is 6. The number of hydrogen-bond donors (Lipinski definition) is 3. The molecule has 0 fully saturated rings. The zero-order valence-electron chi connectivity index (χ0n) is 14.8. The molecule has 0 amide bonds. The van der Waals surface area contributed by atoms with Crippen LogP contribution in [0.15, 0.2) is 84.0 Å².